The summed E-state index contributed by atoms with van der Waals surface area (Å²) in [4.78, 5) is 0. The SMILES string of the molecule is C.C.C.C.C.C.CC.CC.CC.CC.CC.CC.CCC(C)c1c2ccccc2cc2ccccc12.CCC(C)c1ccc(O)cc1.CCC(C)c1ccc2cc3ccccc3cc2c1.CCC(C)c1ccc2ccc3ccccc3c2c1.CCC(C)c1ccc2ccccc2c1.CCC(C)c1cccc(O)c1.CCC(C)c1cccc2ccccc12.CCC(C)c1ccccc1.CCC(C)c1ccccc1O. The lowest BCUT2D eigenvalue weighted by Crippen LogP contribution is -1.95. The molecule has 0 aliphatic heterocycles. The summed E-state index contributed by atoms with van der Waals surface area (Å²) in [7, 11) is 0. The Morgan fingerprint density at radius 3 is 0.860 bits per heavy atom. The van der Waals surface area contributed by atoms with Gasteiger partial charge in [0.05, 0.1) is 0 Å². The summed E-state index contributed by atoms with van der Waals surface area (Å²) in [6.07, 6.45) is 10.5. The van der Waals surface area contributed by atoms with E-state index in [-0.39, 0.29) is 44.6 Å². The Morgan fingerprint density at radius 1 is 0.161 bits per heavy atom. The predicted octanol–water partition coefficient (Wildman–Crippen LogP) is 47.1. The molecule has 0 saturated carbocycles. The molecule has 0 aromatic heterocycles. The summed E-state index contributed by atoms with van der Waals surface area (Å²) in [6.45, 7) is 64.1. The number of rotatable bonds is 18. The summed E-state index contributed by atoms with van der Waals surface area (Å²) in [5.74, 6) is 6.62. The molecule has 0 heterocycles. The van der Waals surface area contributed by atoms with E-state index in [1.807, 2.05) is 132 Å². The first kappa shape index (κ1) is 137. The van der Waals surface area contributed by atoms with E-state index in [1.165, 1.54) is 169 Å². The average Bonchev–Trinajstić information content (AvgIpc) is 0.756. The lowest BCUT2D eigenvalue weighted by atomic mass is 9.88. The molecule has 9 unspecified atom stereocenters. The van der Waals surface area contributed by atoms with E-state index in [0.717, 1.165) is 24.8 Å². The number of fused-ring (bicyclic) bond motifs is 9. The second-order valence-electron chi connectivity index (χ2n) is 34.4. The molecule has 0 aliphatic carbocycles. The van der Waals surface area contributed by atoms with Crippen LogP contribution in [0.15, 0.2) is 352 Å². The van der Waals surface area contributed by atoms with Gasteiger partial charge in [-0.2, -0.15) is 0 Å². The molecule has 0 aliphatic rings. The zero-order chi connectivity index (χ0) is 102. The zero-order valence-corrected chi connectivity index (χ0v) is 90.4. The van der Waals surface area contributed by atoms with Crippen LogP contribution in [0.25, 0.3) is 86.2 Å². The standard InChI is InChI=1S/3C18H18.2C14H16.3C10H14O.C10H14.6C2H6.6CH4/c1-3-13(2)18-16-10-6-4-8-14(16)12-15-9-5-7-11-17(15)18;1-3-13(2)14-8-9-17-11-15-6-4-5-7-16(15)12-18(17)10-14;1-3-13(2)16-11-10-15-9-8-14-6-4-5-7-17(14)18(15)12-16;1-3-11(2)13-10-6-8-12-7-4-5-9-14(12)13;1-3-11(2)13-9-8-12-6-4-5-7-14(12)10-13;1-3-8(2)9-4-6-10(11)7-5-9;1-3-8(2)9-5-4-6-10(11)7-9;1-3-8(2)9-6-4-5-7-10(9)11;1-3-9(2)10-7-5-4-6-8-10;6*1-2;;;;;;/h3*4-13H,3H2,1-2H3;2*4-11H,3H2,1-2H3;3*4-8,11H,3H2,1-2H3;4-9H,3H2,1-2H3;6*1-2H3;6*1H4. The summed E-state index contributed by atoms with van der Waals surface area (Å²) < 4.78 is 0. The number of para-hydroxylation sites is 1. The minimum Gasteiger partial charge on any atom is -0.508 e. The third-order valence-corrected chi connectivity index (χ3v) is 25.9. The normalized spacial score (nSPS) is 11.6. The Balaban J connectivity index is -0.000000751. The molecule has 9 atom stereocenters. The predicted molar refractivity (Wildman–Crippen MR) is 660 cm³/mol. The van der Waals surface area contributed by atoms with E-state index in [2.05, 4.69) is 404 Å². The molecule has 143 heavy (non-hydrogen) atoms. The van der Waals surface area contributed by atoms with Crippen molar-refractivity contribution in [3.8, 4) is 17.2 Å². The van der Waals surface area contributed by atoms with Gasteiger partial charge in [0.2, 0.25) is 0 Å². The van der Waals surface area contributed by atoms with E-state index >= 15 is 0 Å². The molecule has 17 aromatic rings. The van der Waals surface area contributed by atoms with Crippen LogP contribution in [-0.2, 0) is 0 Å². The highest BCUT2D eigenvalue weighted by atomic mass is 16.3. The van der Waals surface area contributed by atoms with Gasteiger partial charge in [0.15, 0.2) is 0 Å². The molecular formula is C140H202O3. The van der Waals surface area contributed by atoms with E-state index < -0.39 is 0 Å². The fraction of sp³-hybridized carbons (Fsp3) is 0.386. The molecule has 17 rings (SSSR count). The van der Waals surface area contributed by atoms with Crippen LogP contribution >= 0.6 is 0 Å². The first-order valence-corrected chi connectivity index (χ1v) is 52.7. The minimum absolute atomic E-state index is 0. The second kappa shape index (κ2) is 78.7. The number of benzene rings is 17. The third kappa shape index (κ3) is 43.7. The minimum atomic E-state index is 0. The maximum atomic E-state index is 9.41. The first-order chi connectivity index (χ1) is 66.6. The molecule has 0 amide bonds. The van der Waals surface area contributed by atoms with Gasteiger partial charge in [-0.25, -0.2) is 0 Å². The van der Waals surface area contributed by atoms with Crippen molar-refractivity contribution >= 4 is 86.2 Å². The second-order valence-corrected chi connectivity index (χ2v) is 34.4. The molecule has 3 N–H and O–H groups in total. The van der Waals surface area contributed by atoms with Crippen molar-refractivity contribution in [3.63, 3.8) is 0 Å². The Kier molecular flexibility index (Phi) is 75.7. The van der Waals surface area contributed by atoms with Crippen LogP contribution in [0.2, 0.25) is 0 Å². The highest BCUT2D eigenvalue weighted by Gasteiger charge is 2.15. The first-order valence-electron chi connectivity index (χ1n) is 52.7. The molecular weight excluding hydrogens is 1730 g/mol. The monoisotopic (exact) mass is 1930 g/mol. The summed E-state index contributed by atoms with van der Waals surface area (Å²) in [5, 5.41) is 49.3. The van der Waals surface area contributed by atoms with Crippen molar-refractivity contribution in [1.82, 2.24) is 0 Å². The van der Waals surface area contributed by atoms with Crippen LogP contribution in [0.5, 0.6) is 17.2 Å². The fourth-order valence-corrected chi connectivity index (χ4v) is 15.7. The molecule has 3 nitrogen and oxygen atoms in total. The van der Waals surface area contributed by atoms with Crippen molar-refractivity contribution in [1.29, 1.82) is 0 Å². The van der Waals surface area contributed by atoms with Crippen molar-refractivity contribution in [2.45, 2.75) is 363 Å². The lowest BCUT2D eigenvalue weighted by Gasteiger charge is -2.16. The van der Waals surface area contributed by atoms with Gasteiger partial charge >= 0.3 is 0 Å². The maximum Gasteiger partial charge on any atom is 0.119 e. The van der Waals surface area contributed by atoms with Crippen LogP contribution in [0.1, 0.15) is 413 Å². The van der Waals surface area contributed by atoms with Crippen molar-refractivity contribution in [2.24, 2.45) is 0 Å². The molecule has 0 saturated heterocycles. The van der Waals surface area contributed by atoms with Crippen LogP contribution in [-0.4, -0.2) is 15.3 Å². The van der Waals surface area contributed by atoms with E-state index in [4.69, 9.17) is 10.2 Å². The van der Waals surface area contributed by atoms with Crippen molar-refractivity contribution < 1.29 is 15.3 Å². The van der Waals surface area contributed by atoms with Crippen LogP contribution < -0.4 is 0 Å². The fourth-order valence-electron chi connectivity index (χ4n) is 15.7. The third-order valence-electron chi connectivity index (χ3n) is 25.9. The highest BCUT2D eigenvalue weighted by molar-refractivity contribution is 6.08. The molecule has 3 heteroatoms. The van der Waals surface area contributed by atoms with Gasteiger partial charge in [0.1, 0.15) is 17.2 Å². The van der Waals surface area contributed by atoms with Crippen molar-refractivity contribution in [2.75, 3.05) is 0 Å². The van der Waals surface area contributed by atoms with Gasteiger partial charge in [-0.3, -0.25) is 0 Å². The number of hydrogen-bond donors (Lipinski definition) is 3. The van der Waals surface area contributed by atoms with Gasteiger partial charge in [-0.1, -0.05) is 556 Å². The van der Waals surface area contributed by atoms with Gasteiger partial charge in [-0.05, 0) is 296 Å². The molecule has 0 bridgehead atoms. The number of hydrogen-bond acceptors (Lipinski definition) is 3. The van der Waals surface area contributed by atoms with Crippen LogP contribution in [0.3, 0.4) is 0 Å². The van der Waals surface area contributed by atoms with Gasteiger partial charge in [0, 0.05) is 0 Å². The smallest absolute Gasteiger partial charge is 0.119 e. The largest absolute Gasteiger partial charge is 0.508 e. The highest BCUT2D eigenvalue weighted by Crippen LogP contribution is 2.37. The van der Waals surface area contributed by atoms with E-state index in [0.29, 0.717) is 70.5 Å². The van der Waals surface area contributed by atoms with Gasteiger partial charge in [-0.15, -0.1) is 0 Å². The molecule has 0 fully saturated rings. The summed E-state index contributed by atoms with van der Waals surface area (Å²) in [6, 6.07) is 123. The van der Waals surface area contributed by atoms with Crippen LogP contribution in [0, 0.1) is 0 Å². The number of aromatic hydroxyl groups is 3. The number of phenolic OH excluding ortho intramolecular Hbond substituents is 3. The Morgan fingerprint density at radius 2 is 0.420 bits per heavy atom. The quantitative estimate of drug-likeness (QED) is 0.0593. The number of phenols is 3. The van der Waals surface area contributed by atoms with Gasteiger partial charge < -0.3 is 15.3 Å². The molecule has 780 valence electrons. The van der Waals surface area contributed by atoms with E-state index in [1.54, 1.807) is 24.3 Å². The van der Waals surface area contributed by atoms with Crippen LogP contribution in [0.4, 0.5) is 0 Å². The molecule has 17 aromatic carbocycles. The molecule has 0 radical (unpaired) electrons. The Bertz CT molecular complexity index is 6000. The Labute approximate surface area is 878 Å². The topological polar surface area (TPSA) is 60.7 Å². The van der Waals surface area contributed by atoms with Crippen molar-refractivity contribution in [3.05, 3.63) is 402 Å². The Hall–Kier alpha value is -11.8. The maximum absolute atomic E-state index is 9.41. The zero-order valence-electron chi connectivity index (χ0n) is 90.4. The van der Waals surface area contributed by atoms with Gasteiger partial charge in [0.25, 0.3) is 0 Å². The average molecular weight is 1930 g/mol. The summed E-state index contributed by atoms with van der Waals surface area (Å²) in [5.41, 5.74) is 12.3. The van der Waals surface area contributed by atoms with E-state index in [9.17, 15) is 5.11 Å². The molecule has 0 spiro atoms. The summed E-state index contributed by atoms with van der Waals surface area (Å²) >= 11 is 0. The lowest BCUT2D eigenvalue weighted by molar-refractivity contribution is 0.462.